The lowest BCUT2D eigenvalue weighted by molar-refractivity contribution is 0.302. The Morgan fingerprint density at radius 3 is 2.12 bits per heavy atom. The van der Waals surface area contributed by atoms with Crippen molar-refractivity contribution in [3.8, 4) is 5.75 Å². The minimum Gasteiger partial charge on any atom is -0.489 e. The summed E-state index contributed by atoms with van der Waals surface area (Å²) >= 11 is 0. The van der Waals surface area contributed by atoms with Crippen LogP contribution in [0.5, 0.6) is 5.75 Å². The van der Waals surface area contributed by atoms with Crippen LogP contribution >= 0.6 is 0 Å². The summed E-state index contributed by atoms with van der Waals surface area (Å²) in [6, 6.07) is 10.9. The summed E-state index contributed by atoms with van der Waals surface area (Å²) in [6.07, 6.45) is 0. The van der Waals surface area contributed by atoms with E-state index in [-0.39, 0.29) is 5.75 Å². The number of hydrogen-bond acceptors (Lipinski definition) is 1. The van der Waals surface area contributed by atoms with E-state index in [1.165, 1.54) is 0 Å². The van der Waals surface area contributed by atoms with Gasteiger partial charge in [-0.3, -0.25) is 0 Å². The van der Waals surface area contributed by atoms with Crippen molar-refractivity contribution < 1.29 is 13.5 Å². The van der Waals surface area contributed by atoms with E-state index in [1.807, 2.05) is 31.2 Å². The lowest BCUT2D eigenvalue weighted by Crippen LogP contribution is -1.96. The van der Waals surface area contributed by atoms with E-state index in [9.17, 15) is 8.78 Å². The van der Waals surface area contributed by atoms with Crippen LogP contribution in [-0.4, -0.2) is 0 Å². The van der Waals surface area contributed by atoms with Gasteiger partial charge in [0.15, 0.2) is 0 Å². The maximum absolute atomic E-state index is 12.9. The molecule has 2 rings (SSSR count). The maximum Gasteiger partial charge on any atom is 0.129 e. The van der Waals surface area contributed by atoms with Crippen LogP contribution in [0.4, 0.5) is 8.78 Å². The molecule has 0 atom stereocenters. The molecule has 1 nitrogen and oxygen atoms in total. The molecule has 0 bridgehead atoms. The molecule has 2 aromatic rings. The van der Waals surface area contributed by atoms with Gasteiger partial charge in [-0.05, 0) is 12.5 Å². The monoisotopic (exact) mass is 234 g/mol. The van der Waals surface area contributed by atoms with Crippen LogP contribution in [0, 0.1) is 18.6 Å². The SMILES string of the molecule is Cc1ccc(COc2cc(F)cc(F)c2)cc1. The normalized spacial score (nSPS) is 10.3. The van der Waals surface area contributed by atoms with Gasteiger partial charge in [0, 0.05) is 18.2 Å². The van der Waals surface area contributed by atoms with Gasteiger partial charge in [-0.2, -0.15) is 0 Å². The van der Waals surface area contributed by atoms with Crippen LogP contribution < -0.4 is 4.74 Å². The van der Waals surface area contributed by atoms with E-state index in [4.69, 9.17) is 4.74 Å². The second-order valence-corrected chi connectivity index (χ2v) is 3.88. The first kappa shape index (κ1) is 11.6. The molecule has 17 heavy (non-hydrogen) atoms. The van der Waals surface area contributed by atoms with Gasteiger partial charge in [0.25, 0.3) is 0 Å². The highest BCUT2D eigenvalue weighted by atomic mass is 19.1. The van der Waals surface area contributed by atoms with Gasteiger partial charge in [-0.1, -0.05) is 29.8 Å². The lowest BCUT2D eigenvalue weighted by atomic mass is 10.2. The molecule has 2 aromatic carbocycles. The fourth-order valence-electron chi connectivity index (χ4n) is 1.46. The Kier molecular flexibility index (Phi) is 3.38. The van der Waals surface area contributed by atoms with Crippen molar-refractivity contribution in [2.24, 2.45) is 0 Å². The third-order valence-electron chi connectivity index (χ3n) is 2.36. The van der Waals surface area contributed by atoms with Gasteiger partial charge < -0.3 is 4.74 Å². The molecule has 3 heteroatoms. The molecule has 0 saturated carbocycles. The molecule has 0 spiro atoms. The molecule has 0 N–H and O–H groups in total. The van der Waals surface area contributed by atoms with Crippen LogP contribution in [0.1, 0.15) is 11.1 Å². The van der Waals surface area contributed by atoms with E-state index in [0.29, 0.717) is 6.61 Å². The van der Waals surface area contributed by atoms with E-state index in [1.54, 1.807) is 0 Å². The molecule has 0 saturated heterocycles. The Hall–Kier alpha value is -1.90. The Morgan fingerprint density at radius 1 is 0.941 bits per heavy atom. The molecule has 0 radical (unpaired) electrons. The number of rotatable bonds is 3. The quantitative estimate of drug-likeness (QED) is 0.783. The van der Waals surface area contributed by atoms with Gasteiger partial charge in [0.2, 0.25) is 0 Å². The van der Waals surface area contributed by atoms with E-state index in [2.05, 4.69) is 0 Å². The molecule has 0 unspecified atom stereocenters. The predicted molar refractivity (Wildman–Crippen MR) is 61.9 cm³/mol. The number of halogens is 2. The highest BCUT2D eigenvalue weighted by molar-refractivity contribution is 5.25. The van der Waals surface area contributed by atoms with Crippen molar-refractivity contribution in [3.63, 3.8) is 0 Å². The molecule has 0 aliphatic rings. The van der Waals surface area contributed by atoms with Crippen molar-refractivity contribution in [3.05, 3.63) is 65.2 Å². The average Bonchev–Trinajstić information content (AvgIpc) is 2.27. The molecule has 0 amide bonds. The zero-order chi connectivity index (χ0) is 12.3. The fraction of sp³-hybridized carbons (Fsp3) is 0.143. The zero-order valence-electron chi connectivity index (χ0n) is 9.41. The largest absolute Gasteiger partial charge is 0.489 e. The first-order valence-corrected chi connectivity index (χ1v) is 5.28. The molecule has 0 fully saturated rings. The van der Waals surface area contributed by atoms with Crippen LogP contribution in [0.2, 0.25) is 0 Å². The van der Waals surface area contributed by atoms with E-state index < -0.39 is 11.6 Å². The van der Waals surface area contributed by atoms with Gasteiger partial charge in [-0.25, -0.2) is 8.78 Å². The minimum absolute atomic E-state index is 0.197. The second-order valence-electron chi connectivity index (χ2n) is 3.88. The molecule has 88 valence electrons. The van der Waals surface area contributed by atoms with Crippen molar-refractivity contribution in [2.45, 2.75) is 13.5 Å². The van der Waals surface area contributed by atoms with E-state index >= 15 is 0 Å². The smallest absolute Gasteiger partial charge is 0.129 e. The molecule has 0 aliphatic heterocycles. The molecular formula is C14H12F2O. The molecular weight excluding hydrogens is 222 g/mol. The number of ether oxygens (including phenoxy) is 1. The first-order valence-electron chi connectivity index (χ1n) is 5.28. The average molecular weight is 234 g/mol. The summed E-state index contributed by atoms with van der Waals surface area (Å²) in [5.41, 5.74) is 2.12. The topological polar surface area (TPSA) is 9.23 Å². The zero-order valence-corrected chi connectivity index (χ0v) is 9.41. The third-order valence-corrected chi connectivity index (χ3v) is 2.36. The van der Waals surface area contributed by atoms with Crippen LogP contribution in [0.3, 0.4) is 0 Å². The third kappa shape index (κ3) is 3.28. The molecule has 0 aromatic heterocycles. The summed E-state index contributed by atoms with van der Waals surface area (Å²) in [5.74, 6) is -1.07. The summed E-state index contributed by atoms with van der Waals surface area (Å²) in [6.45, 7) is 2.29. The number of benzene rings is 2. The van der Waals surface area contributed by atoms with Gasteiger partial charge in [0.1, 0.15) is 24.0 Å². The first-order chi connectivity index (χ1) is 8.13. The molecule has 0 heterocycles. The molecule has 0 aliphatic carbocycles. The predicted octanol–water partition coefficient (Wildman–Crippen LogP) is 3.85. The number of aryl methyl sites for hydroxylation is 1. The summed E-state index contributed by atoms with van der Waals surface area (Å²) in [7, 11) is 0. The van der Waals surface area contributed by atoms with E-state index in [0.717, 1.165) is 29.3 Å². The van der Waals surface area contributed by atoms with Crippen LogP contribution in [0.15, 0.2) is 42.5 Å². The van der Waals surface area contributed by atoms with Crippen LogP contribution in [0.25, 0.3) is 0 Å². The Bertz CT molecular complexity index is 486. The Balaban J connectivity index is 2.04. The summed E-state index contributed by atoms with van der Waals surface area (Å²) in [5, 5.41) is 0. The maximum atomic E-state index is 12.9. The second kappa shape index (κ2) is 4.95. The minimum atomic E-state index is -0.635. The highest BCUT2D eigenvalue weighted by Crippen LogP contribution is 2.17. The summed E-state index contributed by atoms with van der Waals surface area (Å²) in [4.78, 5) is 0. The Morgan fingerprint density at radius 2 is 1.53 bits per heavy atom. The van der Waals surface area contributed by atoms with Crippen molar-refractivity contribution in [1.29, 1.82) is 0 Å². The van der Waals surface area contributed by atoms with Crippen molar-refractivity contribution >= 4 is 0 Å². The standard InChI is InChI=1S/C14H12F2O/c1-10-2-4-11(5-3-10)9-17-14-7-12(15)6-13(16)8-14/h2-8H,9H2,1H3. The van der Waals surface area contributed by atoms with Crippen molar-refractivity contribution in [2.75, 3.05) is 0 Å². The van der Waals surface area contributed by atoms with Gasteiger partial charge in [-0.15, -0.1) is 0 Å². The van der Waals surface area contributed by atoms with Crippen molar-refractivity contribution in [1.82, 2.24) is 0 Å². The van der Waals surface area contributed by atoms with Gasteiger partial charge >= 0.3 is 0 Å². The van der Waals surface area contributed by atoms with Crippen LogP contribution in [-0.2, 0) is 6.61 Å². The van der Waals surface area contributed by atoms with Gasteiger partial charge in [0.05, 0.1) is 0 Å². The fourth-order valence-corrected chi connectivity index (χ4v) is 1.46. The number of hydrogen-bond donors (Lipinski definition) is 0. The summed E-state index contributed by atoms with van der Waals surface area (Å²) < 4.78 is 31.1. The lowest BCUT2D eigenvalue weighted by Gasteiger charge is -2.06. The highest BCUT2D eigenvalue weighted by Gasteiger charge is 2.01. The Labute approximate surface area is 98.7 Å².